The molecule has 0 aliphatic carbocycles. The first-order valence-electron chi connectivity index (χ1n) is 8.46. The lowest BCUT2D eigenvalue weighted by Crippen LogP contribution is -2.44. The molecule has 1 aliphatic rings. The summed E-state index contributed by atoms with van der Waals surface area (Å²) in [5.74, 6) is 0.850. The van der Waals surface area contributed by atoms with Crippen LogP contribution in [-0.2, 0) is 6.54 Å². The van der Waals surface area contributed by atoms with Crippen molar-refractivity contribution in [3.63, 3.8) is 0 Å². The molecule has 10 heteroatoms. The van der Waals surface area contributed by atoms with Gasteiger partial charge in [-0.3, -0.25) is 9.39 Å². The maximum Gasteiger partial charge on any atom is 0.193 e. The molecule has 27 heavy (non-hydrogen) atoms. The second-order valence-corrected chi connectivity index (χ2v) is 7.01. The van der Waals surface area contributed by atoms with E-state index in [2.05, 4.69) is 25.6 Å². The van der Waals surface area contributed by atoms with Gasteiger partial charge in [-0.1, -0.05) is 0 Å². The van der Waals surface area contributed by atoms with Crippen molar-refractivity contribution in [2.45, 2.75) is 19.0 Å². The van der Waals surface area contributed by atoms with E-state index in [1.165, 1.54) is 6.07 Å². The highest BCUT2D eigenvalue weighted by Crippen LogP contribution is 2.20. The molecule has 7 nitrogen and oxygen atoms in total. The third-order valence-corrected chi connectivity index (χ3v) is 5.14. The van der Waals surface area contributed by atoms with Gasteiger partial charge in [-0.15, -0.1) is 35.3 Å². The Morgan fingerprint density at radius 3 is 3.15 bits per heavy atom. The fourth-order valence-corrected chi connectivity index (χ4v) is 3.82. The number of halogens is 2. The minimum atomic E-state index is -0.282. The molecule has 3 aromatic rings. The van der Waals surface area contributed by atoms with Crippen LogP contribution in [0.2, 0.25) is 0 Å². The van der Waals surface area contributed by atoms with Crippen LogP contribution in [0.3, 0.4) is 0 Å². The Balaban J connectivity index is 0.00000210. The first-order valence-corrected chi connectivity index (χ1v) is 9.34. The first kappa shape index (κ1) is 19.8. The molecular weight excluding hydrogens is 480 g/mol. The quantitative estimate of drug-likeness (QED) is 0.327. The van der Waals surface area contributed by atoms with Crippen molar-refractivity contribution in [2.24, 2.45) is 4.99 Å². The number of pyridine rings is 1. The smallest absolute Gasteiger partial charge is 0.193 e. The normalized spacial score (nSPS) is 17.2. The van der Waals surface area contributed by atoms with E-state index >= 15 is 0 Å². The molecule has 0 spiro atoms. The lowest BCUT2D eigenvalue weighted by Gasteiger charge is -2.19. The molecule has 0 radical (unpaired) electrons. The molecule has 1 unspecified atom stereocenters. The van der Waals surface area contributed by atoms with Crippen LogP contribution < -0.4 is 15.5 Å². The van der Waals surface area contributed by atoms with E-state index in [9.17, 15) is 4.39 Å². The van der Waals surface area contributed by atoms with Gasteiger partial charge in [-0.05, 0) is 18.6 Å². The molecule has 4 rings (SSSR count). The summed E-state index contributed by atoms with van der Waals surface area (Å²) >= 11 is 1.61. The number of aliphatic imine (C=N–C) groups is 1. The largest absolute Gasteiger partial charge is 0.352 e. The molecular formula is C17H21FIN7S. The van der Waals surface area contributed by atoms with Crippen molar-refractivity contribution in [3.8, 4) is 0 Å². The van der Waals surface area contributed by atoms with E-state index in [-0.39, 0.29) is 35.8 Å². The molecule has 1 aliphatic heterocycles. The molecule has 1 atom stereocenters. The number of aromatic nitrogens is 3. The Morgan fingerprint density at radius 2 is 2.37 bits per heavy atom. The molecule has 0 aromatic carbocycles. The number of guanidine groups is 1. The van der Waals surface area contributed by atoms with Gasteiger partial charge in [0.2, 0.25) is 0 Å². The molecule has 0 saturated carbocycles. The van der Waals surface area contributed by atoms with Gasteiger partial charge in [0.25, 0.3) is 0 Å². The summed E-state index contributed by atoms with van der Waals surface area (Å²) < 4.78 is 15.9. The average molecular weight is 501 g/mol. The van der Waals surface area contributed by atoms with E-state index in [0.717, 1.165) is 29.6 Å². The van der Waals surface area contributed by atoms with Gasteiger partial charge in [-0.25, -0.2) is 14.4 Å². The number of anilines is 1. The lowest BCUT2D eigenvalue weighted by molar-refractivity contribution is 0.612. The number of fused-ring (bicyclic) bond motifs is 1. The molecule has 3 aromatic heterocycles. The van der Waals surface area contributed by atoms with Crippen LogP contribution in [0, 0.1) is 5.82 Å². The molecule has 2 N–H and O–H groups in total. The van der Waals surface area contributed by atoms with Gasteiger partial charge in [0, 0.05) is 50.1 Å². The third kappa shape index (κ3) is 4.49. The second kappa shape index (κ2) is 8.83. The Morgan fingerprint density at radius 1 is 1.48 bits per heavy atom. The van der Waals surface area contributed by atoms with Crippen LogP contribution in [0.4, 0.5) is 10.2 Å². The van der Waals surface area contributed by atoms with Crippen molar-refractivity contribution in [3.05, 3.63) is 47.6 Å². The summed E-state index contributed by atoms with van der Waals surface area (Å²) in [6, 6.07) is 3.24. The van der Waals surface area contributed by atoms with Crippen LogP contribution >= 0.6 is 35.3 Å². The number of hydrogen-bond acceptors (Lipinski definition) is 5. The summed E-state index contributed by atoms with van der Waals surface area (Å²) in [5, 5.41) is 8.70. The number of rotatable bonds is 4. The number of hydrogen-bond donors (Lipinski definition) is 2. The molecule has 0 bridgehead atoms. The zero-order chi connectivity index (χ0) is 17.9. The van der Waals surface area contributed by atoms with Crippen molar-refractivity contribution in [1.82, 2.24) is 25.0 Å². The maximum absolute atomic E-state index is 13.9. The van der Waals surface area contributed by atoms with Crippen molar-refractivity contribution in [1.29, 1.82) is 0 Å². The van der Waals surface area contributed by atoms with Gasteiger partial charge >= 0.3 is 0 Å². The Hall–Kier alpha value is -1.95. The monoisotopic (exact) mass is 501 g/mol. The van der Waals surface area contributed by atoms with Crippen LogP contribution in [0.15, 0.2) is 41.1 Å². The summed E-state index contributed by atoms with van der Waals surface area (Å²) in [4.78, 5) is 15.9. The predicted molar refractivity (Wildman–Crippen MR) is 117 cm³/mol. The summed E-state index contributed by atoms with van der Waals surface area (Å²) in [5.41, 5.74) is 0.961. The Labute approximate surface area is 177 Å². The SMILES string of the molecule is CN=C(NCc1cn2ccsc2n1)NC1CCN(c2ncccc2F)C1.I. The predicted octanol–water partition coefficient (Wildman–Crippen LogP) is 2.49. The number of nitrogens with one attached hydrogen (secondary N) is 2. The van der Waals surface area contributed by atoms with Crippen molar-refractivity contribution in [2.75, 3.05) is 25.0 Å². The lowest BCUT2D eigenvalue weighted by atomic mass is 10.3. The highest BCUT2D eigenvalue weighted by molar-refractivity contribution is 14.0. The average Bonchev–Trinajstić information content (AvgIpc) is 3.35. The minimum absolute atomic E-state index is 0. The molecule has 4 heterocycles. The summed E-state index contributed by atoms with van der Waals surface area (Å²) in [7, 11) is 1.74. The zero-order valence-electron chi connectivity index (χ0n) is 14.8. The van der Waals surface area contributed by atoms with E-state index in [1.807, 2.05) is 27.1 Å². The van der Waals surface area contributed by atoms with E-state index in [4.69, 9.17) is 0 Å². The van der Waals surface area contributed by atoms with Crippen molar-refractivity contribution >= 4 is 52.1 Å². The Kier molecular flexibility index (Phi) is 6.47. The highest BCUT2D eigenvalue weighted by atomic mass is 127. The van der Waals surface area contributed by atoms with Crippen molar-refractivity contribution < 1.29 is 4.39 Å². The van der Waals surface area contributed by atoms with Gasteiger partial charge in [0.15, 0.2) is 22.6 Å². The third-order valence-electron chi connectivity index (χ3n) is 4.37. The number of thiazole rings is 1. The van der Waals surface area contributed by atoms with E-state index < -0.39 is 0 Å². The van der Waals surface area contributed by atoms with Gasteiger partial charge in [-0.2, -0.15) is 0 Å². The number of imidazole rings is 1. The molecule has 1 fully saturated rings. The summed E-state index contributed by atoms with van der Waals surface area (Å²) in [6.45, 7) is 2.05. The van der Waals surface area contributed by atoms with Gasteiger partial charge in [0.1, 0.15) is 0 Å². The molecule has 0 amide bonds. The highest BCUT2D eigenvalue weighted by Gasteiger charge is 2.25. The fourth-order valence-electron chi connectivity index (χ4n) is 3.10. The van der Waals surface area contributed by atoms with Crippen LogP contribution in [0.1, 0.15) is 12.1 Å². The summed E-state index contributed by atoms with van der Waals surface area (Å²) in [6.07, 6.45) is 6.52. The van der Waals surface area contributed by atoms with Crippen LogP contribution in [0.25, 0.3) is 4.96 Å². The minimum Gasteiger partial charge on any atom is -0.352 e. The van der Waals surface area contributed by atoms with Gasteiger partial charge < -0.3 is 15.5 Å². The fraction of sp³-hybridized carbons (Fsp3) is 0.353. The molecule has 1 saturated heterocycles. The molecule has 144 valence electrons. The van der Waals surface area contributed by atoms with Crippen LogP contribution in [0.5, 0.6) is 0 Å². The topological polar surface area (TPSA) is 69.8 Å². The van der Waals surface area contributed by atoms with E-state index in [1.54, 1.807) is 30.6 Å². The number of nitrogens with zero attached hydrogens (tertiary/aromatic N) is 5. The zero-order valence-corrected chi connectivity index (χ0v) is 17.9. The van der Waals surface area contributed by atoms with Gasteiger partial charge in [0.05, 0.1) is 12.2 Å². The Bertz CT molecular complexity index is 896. The second-order valence-electron chi connectivity index (χ2n) is 6.14. The van der Waals surface area contributed by atoms with Crippen LogP contribution in [-0.4, -0.2) is 46.5 Å². The maximum atomic E-state index is 13.9. The van der Waals surface area contributed by atoms with E-state index in [0.29, 0.717) is 18.9 Å². The standard InChI is InChI=1S/C17H20FN7S.HI/c1-19-16(21-9-13-11-25-7-8-26-17(25)23-13)22-12-4-6-24(10-12)15-14(18)3-2-5-20-15;/h2-3,5,7-8,11-12H,4,6,9-10H2,1H3,(H2,19,21,22);1H. The first-order chi connectivity index (χ1) is 12.7.